The van der Waals surface area contributed by atoms with Crippen LogP contribution >= 0.6 is 19.4 Å². The van der Waals surface area contributed by atoms with E-state index in [2.05, 4.69) is 13.8 Å². The fourth-order valence-corrected chi connectivity index (χ4v) is 5.89. The van der Waals surface area contributed by atoms with Crippen molar-refractivity contribution in [3.63, 3.8) is 0 Å². The molecule has 0 saturated carbocycles. The first kappa shape index (κ1) is 34.9. The van der Waals surface area contributed by atoms with E-state index in [0.717, 1.165) is 18.6 Å². The standard InChI is InChI=1S/C27H55O6PS/c1-5-8-10-12-14-15-17-19-21-24-35-26(22-20-18-16-13-11-9-6-2)25(4)32-33-27(28)34(29,30)31-23-7-3/h25-26H,5-24H2,1-4H3,(H,29,30). The Kier molecular flexibility index (Phi) is 24.2. The molecule has 0 bridgehead atoms. The Morgan fingerprint density at radius 2 is 1.26 bits per heavy atom. The smallest absolute Gasteiger partial charge is 0.316 e. The van der Waals surface area contributed by atoms with Gasteiger partial charge in [-0.3, -0.25) is 4.89 Å². The highest BCUT2D eigenvalue weighted by atomic mass is 32.2. The van der Waals surface area contributed by atoms with E-state index in [-0.39, 0.29) is 18.0 Å². The van der Waals surface area contributed by atoms with Gasteiger partial charge in [-0.2, -0.15) is 16.6 Å². The highest BCUT2D eigenvalue weighted by Gasteiger charge is 2.35. The molecule has 0 spiro atoms. The summed E-state index contributed by atoms with van der Waals surface area (Å²) < 4.78 is 16.7. The van der Waals surface area contributed by atoms with Gasteiger partial charge in [0.2, 0.25) is 0 Å². The van der Waals surface area contributed by atoms with Crippen LogP contribution in [0.1, 0.15) is 143 Å². The van der Waals surface area contributed by atoms with Crippen molar-refractivity contribution in [2.24, 2.45) is 0 Å². The fourth-order valence-electron chi connectivity index (χ4n) is 3.90. The van der Waals surface area contributed by atoms with Gasteiger partial charge in [0, 0.05) is 5.25 Å². The summed E-state index contributed by atoms with van der Waals surface area (Å²) in [4.78, 5) is 31.7. The number of thioether (sulfide) groups is 1. The van der Waals surface area contributed by atoms with Crippen molar-refractivity contribution in [2.45, 2.75) is 155 Å². The lowest BCUT2D eigenvalue weighted by molar-refractivity contribution is -0.262. The molecule has 3 unspecified atom stereocenters. The van der Waals surface area contributed by atoms with E-state index in [1.165, 1.54) is 96.3 Å². The predicted octanol–water partition coefficient (Wildman–Crippen LogP) is 9.83. The number of carbonyl (C=O) groups excluding carboxylic acids is 1. The van der Waals surface area contributed by atoms with Crippen LogP contribution in [-0.4, -0.2) is 34.3 Å². The molecule has 0 aromatic heterocycles. The second-order valence-electron chi connectivity index (χ2n) is 9.65. The highest BCUT2D eigenvalue weighted by Crippen LogP contribution is 2.44. The molecule has 0 fully saturated rings. The maximum absolute atomic E-state index is 11.9. The Morgan fingerprint density at radius 1 is 0.771 bits per heavy atom. The molecule has 0 rings (SSSR count). The van der Waals surface area contributed by atoms with Crippen LogP contribution in [0.25, 0.3) is 0 Å². The number of unbranched alkanes of at least 4 members (excludes halogenated alkanes) is 14. The first-order chi connectivity index (χ1) is 16.9. The summed E-state index contributed by atoms with van der Waals surface area (Å²) in [5.74, 6) is 1.05. The molecule has 0 aliphatic rings. The molecule has 210 valence electrons. The average Bonchev–Trinajstić information content (AvgIpc) is 2.85. The number of rotatable bonds is 26. The molecule has 0 radical (unpaired) electrons. The van der Waals surface area contributed by atoms with E-state index in [9.17, 15) is 14.3 Å². The number of hydrogen-bond acceptors (Lipinski definition) is 6. The van der Waals surface area contributed by atoms with Crippen molar-refractivity contribution in [1.82, 2.24) is 0 Å². The third kappa shape index (κ3) is 20.6. The molecule has 0 aromatic rings. The van der Waals surface area contributed by atoms with E-state index in [1.807, 2.05) is 18.7 Å². The Bertz CT molecular complexity index is 534. The lowest BCUT2D eigenvalue weighted by Gasteiger charge is -2.23. The molecule has 6 nitrogen and oxygen atoms in total. The van der Waals surface area contributed by atoms with Crippen molar-refractivity contribution in [1.29, 1.82) is 0 Å². The third-order valence-corrected chi connectivity index (χ3v) is 8.81. The minimum Gasteiger partial charge on any atom is -0.316 e. The maximum atomic E-state index is 11.9. The zero-order valence-corrected chi connectivity index (χ0v) is 24.9. The molecule has 3 atom stereocenters. The topological polar surface area (TPSA) is 82.1 Å². The SMILES string of the molecule is CCCCCCCCCCCSC(CCCCCCCCC)C(C)OOC(=O)P(=O)(O)OCCC. The van der Waals surface area contributed by atoms with Gasteiger partial charge in [0.25, 0.3) is 0 Å². The van der Waals surface area contributed by atoms with Crippen LogP contribution in [0.2, 0.25) is 0 Å². The summed E-state index contributed by atoms with van der Waals surface area (Å²) >= 11 is 1.87. The Balaban J connectivity index is 4.38. The molecule has 0 saturated heterocycles. The zero-order valence-electron chi connectivity index (χ0n) is 23.1. The average molecular weight is 539 g/mol. The van der Waals surface area contributed by atoms with Crippen LogP contribution < -0.4 is 0 Å². The predicted molar refractivity (Wildman–Crippen MR) is 149 cm³/mol. The zero-order chi connectivity index (χ0) is 26.2. The largest absolute Gasteiger partial charge is 0.452 e. The van der Waals surface area contributed by atoms with Crippen molar-refractivity contribution in [3.8, 4) is 0 Å². The molecule has 0 aromatic carbocycles. The minimum absolute atomic E-state index is 0.0217. The minimum atomic E-state index is -4.47. The molecule has 8 heteroatoms. The Morgan fingerprint density at radius 3 is 1.77 bits per heavy atom. The summed E-state index contributed by atoms with van der Waals surface area (Å²) in [6.07, 6.45) is 21.7. The molecular weight excluding hydrogens is 483 g/mol. The van der Waals surface area contributed by atoms with Gasteiger partial charge >= 0.3 is 13.3 Å². The van der Waals surface area contributed by atoms with Crippen molar-refractivity contribution >= 4 is 25.1 Å². The molecule has 0 amide bonds. The van der Waals surface area contributed by atoms with Gasteiger partial charge in [0.05, 0.1) is 6.61 Å². The molecule has 0 aliphatic heterocycles. The van der Waals surface area contributed by atoms with Gasteiger partial charge in [0.15, 0.2) is 0 Å². The third-order valence-electron chi connectivity index (χ3n) is 6.17. The van der Waals surface area contributed by atoms with E-state index in [1.54, 1.807) is 6.92 Å². The lowest BCUT2D eigenvalue weighted by Crippen LogP contribution is -2.25. The van der Waals surface area contributed by atoms with Gasteiger partial charge in [-0.05, 0) is 31.9 Å². The molecule has 1 N–H and O–H groups in total. The van der Waals surface area contributed by atoms with Crippen molar-refractivity contribution < 1.29 is 28.6 Å². The normalized spacial score (nSPS) is 15.0. The second kappa shape index (κ2) is 24.3. The molecule has 0 aliphatic carbocycles. The van der Waals surface area contributed by atoms with E-state index in [4.69, 9.17) is 14.3 Å². The Labute approximate surface area is 220 Å². The summed E-state index contributed by atoms with van der Waals surface area (Å²) in [5.41, 5.74) is -1.34. The summed E-state index contributed by atoms with van der Waals surface area (Å²) in [5, 5.41) is 0.183. The monoisotopic (exact) mass is 538 g/mol. The van der Waals surface area contributed by atoms with Gasteiger partial charge in [0.1, 0.15) is 6.10 Å². The first-order valence-corrected chi connectivity index (χ1v) is 17.0. The first-order valence-electron chi connectivity index (χ1n) is 14.4. The van der Waals surface area contributed by atoms with E-state index >= 15 is 0 Å². The Hall–Kier alpha value is -0.0700. The quantitative estimate of drug-likeness (QED) is 0.0508. The molecular formula is C27H55O6PS. The van der Waals surface area contributed by atoms with Gasteiger partial charge < -0.3 is 9.42 Å². The van der Waals surface area contributed by atoms with Crippen molar-refractivity contribution in [2.75, 3.05) is 12.4 Å². The summed E-state index contributed by atoms with van der Waals surface area (Å²) in [7, 11) is -4.47. The molecule has 35 heavy (non-hydrogen) atoms. The fraction of sp³-hybridized carbons (Fsp3) is 0.963. The van der Waals surface area contributed by atoms with Gasteiger partial charge in [-0.1, -0.05) is 117 Å². The van der Waals surface area contributed by atoms with Gasteiger partial charge in [-0.25, -0.2) is 9.36 Å². The maximum Gasteiger partial charge on any atom is 0.452 e. The number of carbonyl (C=O) groups is 1. The summed E-state index contributed by atoms with van der Waals surface area (Å²) in [6, 6.07) is 0. The van der Waals surface area contributed by atoms with Crippen molar-refractivity contribution in [3.05, 3.63) is 0 Å². The van der Waals surface area contributed by atoms with Crippen LogP contribution in [0.15, 0.2) is 0 Å². The van der Waals surface area contributed by atoms with Crippen LogP contribution in [0.5, 0.6) is 0 Å². The van der Waals surface area contributed by atoms with Crippen LogP contribution in [0.4, 0.5) is 4.79 Å². The lowest BCUT2D eigenvalue weighted by atomic mass is 10.1. The second-order valence-corrected chi connectivity index (χ2v) is 12.7. The molecule has 0 heterocycles. The van der Waals surface area contributed by atoms with E-state index in [0.29, 0.717) is 6.42 Å². The summed E-state index contributed by atoms with van der Waals surface area (Å²) in [6.45, 7) is 8.17. The highest BCUT2D eigenvalue weighted by molar-refractivity contribution is 7.99. The number of hydrogen-bond donors (Lipinski definition) is 1. The van der Waals surface area contributed by atoms with Crippen LogP contribution in [-0.2, 0) is 18.9 Å². The van der Waals surface area contributed by atoms with Crippen LogP contribution in [0.3, 0.4) is 0 Å². The van der Waals surface area contributed by atoms with Crippen LogP contribution in [0, 0.1) is 0 Å². The van der Waals surface area contributed by atoms with E-state index < -0.39 is 13.3 Å². The van der Waals surface area contributed by atoms with Gasteiger partial charge in [-0.15, -0.1) is 0 Å².